The summed E-state index contributed by atoms with van der Waals surface area (Å²) in [4.78, 5) is 23.4. The van der Waals surface area contributed by atoms with Crippen molar-refractivity contribution in [1.82, 2.24) is 15.0 Å². The molecule has 1 fully saturated rings. The van der Waals surface area contributed by atoms with Gasteiger partial charge in [0.25, 0.3) is 0 Å². The normalized spacial score (nSPS) is 22.1. The topological polar surface area (TPSA) is 88.1 Å². The third kappa shape index (κ3) is 3.18. The Bertz CT molecular complexity index is 705. The minimum atomic E-state index is -0.141. The van der Waals surface area contributed by atoms with Gasteiger partial charge in [-0.1, -0.05) is 0 Å². The number of nitrogens with one attached hydrogen (secondary N) is 1. The molecule has 0 radical (unpaired) electrons. The van der Waals surface area contributed by atoms with Crippen LogP contribution in [0.5, 0.6) is 0 Å². The molecule has 3 rings (SSSR count). The zero-order valence-electron chi connectivity index (χ0n) is 12.7. The molecule has 0 bridgehead atoms. The van der Waals surface area contributed by atoms with Gasteiger partial charge in [0.1, 0.15) is 11.5 Å². The lowest BCUT2D eigenvalue weighted by molar-refractivity contribution is 0.00540. The van der Waals surface area contributed by atoms with E-state index in [0.717, 1.165) is 42.6 Å². The second-order valence-corrected chi connectivity index (χ2v) is 5.82. The van der Waals surface area contributed by atoms with Gasteiger partial charge in [0.15, 0.2) is 0 Å². The minimum Gasteiger partial charge on any atom is -0.394 e. The fraction of sp³-hybridized carbons (Fsp3) is 0.562. The molecule has 2 aromatic rings. The van der Waals surface area contributed by atoms with Crippen molar-refractivity contribution in [3.63, 3.8) is 0 Å². The van der Waals surface area contributed by atoms with E-state index in [1.165, 1.54) is 6.07 Å². The van der Waals surface area contributed by atoms with E-state index in [-0.39, 0.29) is 18.3 Å². The highest BCUT2D eigenvalue weighted by Crippen LogP contribution is 2.33. The van der Waals surface area contributed by atoms with Gasteiger partial charge in [-0.3, -0.25) is 4.79 Å². The lowest BCUT2D eigenvalue weighted by atomic mass is 9.86. The maximum absolute atomic E-state index is 11.5. The van der Waals surface area contributed by atoms with Crippen molar-refractivity contribution in [3.8, 4) is 0 Å². The quantitative estimate of drug-likeness (QED) is 0.897. The van der Waals surface area contributed by atoms with E-state index in [4.69, 9.17) is 9.84 Å². The highest BCUT2D eigenvalue weighted by atomic mass is 16.5. The van der Waals surface area contributed by atoms with Gasteiger partial charge < -0.3 is 14.8 Å². The van der Waals surface area contributed by atoms with E-state index < -0.39 is 0 Å². The molecule has 0 aliphatic heterocycles. The fourth-order valence-electron chi connectivity index (χ4n) is 3.11. The number of ether oxygens (including phenoxy) is 1. The van der Waals surface area contributed by atoms with Crippen LogP contribution in [-0.2, 0) is 4.74 Å². The summed E-state index contributed by atoms with van der Waals surface area (Å²) in [5.74, 6) is 1.12. The Morgan fingerprint density at radius 1 is 1.27 bits per heavy atom. The molecule has 2 heterocycles. The molecule has 0 saturated heterocycles. The summed E-state index contributed by atoms with van der Waals surface area (Å²) in [5.41, 5.74) is 1.38. The average Bonchev–Trinajstić information content (AvgIpc) is 2.53. The van der Waals surface area contributed by atoms with Crippen LogP contribution in [0.1, 0.15) is 43.1 Å². The maximum atomic E-state index is 11.5. The number of H-pyrrole nitrogens is 1. The molecular weight excluding hydrogens is 282 g/mol. The molecule has 0 aromatic carbocycles. The molecule has 0 spiro atoms. The molecular formula is C16H21N3O3. The van der Waals surface area contributed by atoms with E-state index >= 15 is 0 Å². The number of aryl methyl sites for hydroxylation is 1. The Hall–Kier alpha value is -1.79. The standard InChI is InChI=1S/C16H21N3O3/c1-10-13-6-7-14(21)18-16(13)19-15(17-10)11-2-4-12(5-3-11)22-9-8-20/h6-7,11-12,20H,2-5,8-9H2,1H3,(H,17,18,19,21). The van der Waals surface area contributed by atoms with Gasteiger partial charge in [-0.25, -0.2) is 9.97 Å². The van der Waals surface area contributed by atoms with Gasteiger partial charge in [-0.15, -0.1) is 0 Å². The van der Waals surface area contributed by atoms with Gasteiger partial charge in [0, 0.05) is 17.4 Å². The Labute approximate surface area is 128 Å². The van der Waals surface area contributed by atoms with E-state index in [2.05, 4.69) is 15.0 Å². The first-order chi connectivity index (χ1) is 10.7. The number of aliphatic hydroxyl groups is 1. The van der Waals surface area contributed by atoms with Crippen LogP contribution in [0.25, 0.3) is 11.0 Å². The first kappa shape index (κ1) is 15.1. The predicted molar refractivity (Wildman–Crippen MR) is 82.9 cm³/mol. The van der Waals surface area contributed by atoms with Crippen molar-refractivity contribution >= 4 is 11.0 Å². The molecule has 118 valence electrons. The number of hydrogen-bond donors (Lipinski definition) is 2. The molecule has 1 aliphatic carbocycles. The third-order valence-corrected chi connectivity index (χ3v) is 4.28. The van der Waals surface area contributed by atoms with Crippen molar-refractivity contribution in [1.29, 1.82) is 0 Å². The smallest absolute Gasteiger partial charge is 0.249 e. The summed E-state index contributed by atoms with van der Waals surface area (Å²) in [7, 11) is 0. The van der Waals surface area contributed by atoms with Crippen LogP contribution in [0.3, 0.4) is 0 Å². The number of pyridine rings is 1. The Morgan fingerprint density at radius 2 is 2.05 bits per heavy atom. The molecule has 22 heavy (non-hydrogen) atoms. The molecule has 1 aliphatic rings. The van der Waals surface area contributed by atoms with Gasteiger partial charge >= 0.3 is 0 Å². The average molecular weight is 303 g/mol. The lowest BCUT2D eigenvalue weighted by Crippen LogP contribution is -2.23. The second kappa shape index (κ2) is 6.54. The van der Waals surface area contributed by atoms with Gasteiger partial charge in [0.2, 0.25) is 5.56 Å². The summed E-state index contributed by atoms with van der Waals surface area (Å²) < 4.78 is 5.59. The first-order valence-corrected chi connectivity index (χ1v) is 7.77. The summed E-state index contributed by atoms with van der Waals surface area (Å²) in [6.45, 7) is 2.42. The molecule has 0 unspecified atom stereocenters. The highest BCUT2D eigenvalue weighted by Gasteiger charge is 2.25. The first-order valence-electron chi connectivity index (χ1n) is 7.77. The van der Waals surface area contributed by atoms with Crippen LogP contribution >= 0.6 is 0 Å². The van der Waals surface area contributed by atoms with Gasteiger partial charge in [-0.05, 0) is 38.7 Å². The molecule has 0 atom stereocenters. The minimum absolute atomic E-state index is 0.0697. The lowest BCUT2D eigenvalue weighted by Gasteiger charge is -2.27. The molecule has 6 nitrogen and oxygen atoms in total. The Balaban J connectivity index is 1.78. The molecule has 0 amide bonds. The van der Waals surface area contributed by atoms with Crippen LogP contribution in [0.4, 0.5) is 0 Å². The number of rotatable bonds is 4. The van der Waals surface area contributed by atoms with Crippen molar-refractivity contribution in [3.05, 3.63) is 34.0 Å². The van der Waals surface area contributed by atoms with Crippen LogP contribution in [0.15, 0.2) is 16.9 Å². The summed E-state index contributed by atoms with van der Waals surface area (Å²) >= 11 is 0. The number of fused-ring (bicyclic) bond motifs is 1. The van der Waals surface area contributed by atoms with E-state index in [1.807, 2.05) is 6.92 Å². The predicted octanol–water partition coefficient (Wildman–Crippen LogP) is 1.66. The van der Waals surface area contributed by atoms with Gasteiger partial charge in [0.05, 0.1) is 25.0 Å². The fourth-order valence-corrected chi connectivity index (χ4v) is 3.11. The number of nitrogens with zero attached hydrogens (tertiary/aromatic N) is 2. The van der Waals surface area contributed by atoms with E-state index in [0.29, 0.717) is 18.2 Å². The van der Waals surface area contributed by atoms with Crippen molar-refractivity contribution in [2.75, 3.05) is 13.2 Å². The van der Waals surface area contributed by atoms with Crippen LogP contribution in [0.2, 0.25) is 0 Å². The summed E-state index contributed by atoms with van der Waals surface area (Å²) in [6.07, 6.45) is 4.08. The molecule has 2 N–H and O–H groups in total. The number of aromatic nitrogens is 3. The SMILES string of the molecule is Cc1nc(C2CCC(OCCO)CC2)nc2[nH]c(=O)ccc12. The number of aliphatic hydroxyl groups excluding tert-OH is 1. The van der Waals surface area contributed by atoms with Gasteiger partial charge in [-0.2, -0.15) is 0 Å². The van der Waals surface area contributed by atoms with Crippen LogP contribution in [0, 0.1) is 6.92 Å². The van der Waals surface area contributed by atoms with E-state index in [9.17, 15) is 4.79 Å². The molecule has 6 heteroatoms. The Morgan fingerprint density at radius 3 is 2.77 bits per heavy atom. The third-order valence-electron chi connectivity index (χ3n) is 4.28. The van der Waals surface area contributed by atoms with Crippen LogP contribution in [-0.4, -0.2) is 39.4 Å². The summed E-state index contributed by atoms with van der Waals surface area (Å²) in [6, 6.07) is 3.27. The zero-order valence-corrected chi connectivity index (χ0v) is 12.7. The highest BCUT2D eigenvalue weighted by molar-refractivity contribution is 5.76. The monoisotopic (exact) mass is 303 g/mol. The summed E-state index contributed by atoms with van der Waals surface area (Å²) in [5, 5.41) is 9.70. The van der Waals surface area contributed by atoms with Crippen molar-refractivity contribution in [2.24, 2.45) is 0 Å². The second-order valence-electron chi connectivity index (χ2n) is 5.82. The Kier molecular flexibility index (Phi) is 4.49. The maximum Gasteiger partial charge on any atom is 0.249 e. The number of hydrogen-bond acceptors (Lipinski definition) is 5. The number of aromatic amines is 1. The molecule has 2 aromatic heterocycles. The van der Waals surface area contributed by atoms with Crippen molar-refractivity contribution < 1.29 is 9.84 Å². The van der Waals surface area contributed by atoms with E-state index in [1.54, 1.807) is 6.07 Å². The van der Waals surface area contributed by atoms with Crippen LogP contribution < -0.4 is 5.56 Å². The largest absolute Gasteiger partial charge is 0.394 e. The van der Waals surface area contributed by atoms with Crippen molar-refractivity contribution in [2.45, 2.75) is 44.6 Å². The zero-order chi connectivity index (χ0) is 15.5. The molecule has 1 saturated carbocycles.